The maximum absolute atomic E-state index is 13.3. The summed E-state index contributed by atoms with van der Waals surface area (Å²) in [6.45, 7) is 9.94. The lowest BCUT2D eigenvalue weighted by Crippen LogP contribution is -2.59. The molecule has 0 unspecified atom stereocenters. The fourth-order valence-electron chi connectivity index (χ4n) is 3.37. The maximum atomic E-state index is 13.3. The summed E-state index contributed by atoms with van der Waals surface area (Å²) in [7, 11) is -2.91. The Bertz CT molecular complexity index is 509. The van der Waals surface area contributed by atoms with Gasteiger partial charge in [-0.1, -0.05) is 65.0 Å². The highest BCUT2D eigenvalue weighted by Gasteiger charge is 2.71. The molecule has 2 nitrogen and oxygen atoms in total. The van der Waals surface area contributed by atoms with E-state index in [0.717, 1.165) is 0 Å². The van der Waals surface area contributed by atoms with Gasteiger partial charge in [0.2, 0.25) is 5.52 Å². The van der Waals surface area contributed by atoms with Gasteiger partial charge in [0, 0.05) is 15.9 Å². The van der Waals surface area contributed by atoms with E-state index in [1.54, 1.807) is 12.1 Å². The fourth-order valence-corrected chi connectivity index (χ4v) is 7.95. The van der Waals surface area contributed by atoms with Gasteiger partial charge in [0.05, 0.1) is 0 Å². The number of carbonyl (C=O) groups excluding carboxylic acids is 1. The van der Waals surface area contributed by atoms with Crippen LogP contribution in [0.2, 0.25) is 0 Å². The first-order valence-corrected chi connectivity index (χ1v) is 8.08. The molecule has 1 heterocycles. The minimum atomic E-state index is -2.91. The van der Waals surface area contributed by atoms with Crippen LogP contribution in [-0.2, 0) is 4.57 Å². The summed E-state index contributed by atoms with van der Waals surface area (Å²) < 4.78 is 13.3. The van der Waals surface area contributed by atoms with Crippen molar-refractivity contribution < 1.29 is 9.36 Å². The molecule has 0 bridgehead atoms. The van der Waals surface area contributed by atoms with Crippen molar-refractivity contribution in [2.24, 2.45) is 5.92 Å². The van der Waals surface area contributed by atoms with Crippen molar-refractivity contribution in [2.45, 2.75) is 44.9 Å². The van der Waals surface area contributed by atoms with E-state index in [0.29, 0.717) is 5.56 Å². The normalized spacial score (nSPS) is 32.6. The van der Waals surface area contributed by atoms with E-state index in [-0.39, 0.29) is 11.4 Å². The zero-order valence-corrected chi connectivity index (χ0v) is 12.6. The van der Waals surface area contributed by atoms with E-state index < -0.39 is 17.5 Å². The van der Waals surface area contributed by atoms with E-state index in [1.807, 2.05) is 45.9 Å². The van der Waals surface area contributed by atoms with Crippen LogP contribution in [0.1, 0.15) is 45.0 Å². The van der Waals surface area contributed by atoms with Crippen LogP contribution in [0.15, 0.2) is 30.3 Å². The van der Waals surface area contributed by atoms with Gasteiger partial charge >= 0.3 is 0 Å². The fraction of sp³-hybridized carbons (Fsp3) is 0.533. The van der Waals surface area contributed by atoms with Gasteiger partial charge in [-0.3, -0.25) is 4.79 Å². The first kappa shape index (κ1) is 13.5. The summed E-state index contributed by atoms with van der Waals surface area (Å²) in [5, 5.41) is -0.799. The molecule has 18 heavy (non-hydrogen) atoms. The first-order chi connectivity index (χ1) is 8.17. The average Bonchev–Trinajstić information content (AvgIpc) is 2.36. The van der Waals surface area contributed by atoms with Crippen molar-refractivity contribution in [1.82, 2.24) is 0 Å². The molecule has 0 radical (unpaired) electrons. The standard InChI is InChI=1S/C15H21O2P/c1-11-14(2,3)18(17,15(11,4)5)13(16)12-9-7-6-8-10-12/h6-11H,1-5H3. The van der Waals surface area contributed by atoms with Crippen molar-refractivity contribution in [3.8, 4) is 0 Å². The number of rotatable bonds is 2. The highest BCUT2D eigenvalue weighted by Crippen LogP contribution is 2.82. The van der Waals surface area contributed by atoms with Crippen LogP contribution in [0, 0.1) is 5.92 Å². The second-order valence-electron chi connectivity index (χ2n) is 6.31. The molecule has 0 amide bonds. The summed E-state index contributed by atoms with van der Waals surface area (Å²) in [4.78, 5) is 12.7. The van der Waals surface area contributed by atoms with Gasteiger partial charge in [0.25, 0.3) is 0 Å². The highest BCUT2D eigenvalue weighted by molar-refractivity contribution is 7.85. The van der Waals surface area contributed by atoms with Crippen LogP contribution in [0.4, 0.5) is 0 Å². The predicted molar refractivity (Wildman–Crippen MR) is 75.7 cm³/mol. The van der Waals surface area contributed by atoms with Crippen LogP contribution in [0.5, 0.6) is 0 Å². The van der Waals surface area contributed by atoms with E-state index in [1.165, 1.54) is 0 Å². The largest absolute Gasteiger partial charge is 0.314 e. The van der Waals surface area contributed by atoms with Gasteiger partial charge in [0.15, 0.2) is 7.14 Å². The summed E-state index contributed by atoms with van der Waals surface area (Å²) in [5.74, 6) is 0.281. The molecule has 1 fully saturated rings. The molecule has 0 N–H and O–H groups in total. The number of carbonyl (C=O) groups is 1. The molecule has 1 aromatic carbocycles. The number of hydrogen-bond acceptors (Lipinski definition) is 2. The van der Waals surface area contributed by atoms with Crippen LogP contribution in [0.25, 0.3) is 0 Å². The zero-order valence-electron chi connectivity index (χ0n) is 11.7. The Morgan fingerprint density at radius 1 is 1.06 bits per heavy atom. The molecule has 0 saturated carbocycles. The van der Waals surface area contributed by atoms with Crippen LogP contribution < -0.4 is 0 Å². The quantitative estimate of drug-likeness (QED) is 0.742. The molecule has 0 aliphatic carbocycles. The van der Waals surface area contributed by atoms with Gasteiger partial charge in [-0.25, -0.2) is 0 Å². The molecule has 98 valence electrons. The predicted octanol–water partition coefficient (Wildman–Crippen LogP) is 4.40. The molecule has 1 saturated heterocycles. The molecular weight excluding hydrogens is 243 g/mol. The van der Waals surface area contributed by atoms with E-state index in [9.17, 15) is 9.36 Å². The SMILES string of the molecule is CC1C(C)(C)P(=O)(C(=O)c2ccccc2)C1(C)C. The minimum absolute atomic E-state index is 0.156. The zero-order chi connectivity index (χ0) is 13.8. The third kappa shape index (κ3) is 1.36. The van der Waals surface area contributed by atoms with E-state index in [2.05, 4.69) is 6.92 Å². The minimum Gasteiger partial charge on any atom is -0.314 e. The van der Waals surface area contributed by atoms with Gasteiger partial charge in [-0.05, 0) is 5.92 Å². The molecular formula is C15H21O2P. The summed E-state index contributed by atoms with van der Waals surface area (Å²) in [6.07, 6.45) is 0. The monoisotopic (exact) mass is 264 g/mol. The molecule has 1 aromatic rings. The number of hydrogen-bond donors (Lipinski definition) is 0. The van der Waals surface area contributed by atoms with Crippen LogP contribution in [-0.4, -0.2) is 15.8 Å². The van der Waals surface area contributed by atoms with Crippen molar-refractivity contribution >= 4 is 12.7 Å². The van der Waals surface area contributed by atoms with Crippen molar-refractivity contribution in [3.05, 3.63) is 35.9 Å². The van der Waals surface area contributed by atoms with Gasteiger partial charge < -0.3 is 4.57 Å². The lowest BCUT2D eigenvalue weighted by Gasteiger charge is -2.61. The smallest absolute Gasteiger partial charge is 0.222 e. The second-order valence-corrected chi connectivity index (χ2v) is 10.2. The Morgan fingerprint density at radius 3 is 1.94 bits per heavy atom. The van der Waals surface area contributed by atoms with Gasteiger partial charge in [0.1, 0.15) is 0 Å². The molecule has 3 heteroatoms. The van der Waals surface area contributed by atoms with E-state index in [4.69, 9.17) is 0 Å². The number of benzene rings is 1. The van der Waals surface area contributed by atoms with E-state index >= 15 is 0 Å². The topological polar surface area (TPSA) is 34.1 Å². The lowest BCUT2D eigenvalue weighted by atomic mass is 9.83. The van der Waals surface area contributed by atoms with Crippen molar-refractivity contribution in [1.29, 1.82) is 0 Å². The van der Waals surface area contributed by atoms with Crippen LogP contribution in [0.3, 0.4) is 0 Å². The molecule has 1 aliphatic rings. The highest BCUT2D eigenvalue weighted by atomic mass is 31.2. The van der Waals surface area contributed by atoms with Gasteiger partial charge in [-0.15, -0.1) is 0 Å². The maximum Gasteiger partial charge on any atom is 0.222 e. The van der Waals surface area contributed by atoms with Crippen LogP contribution >= 0.6 is 7.14 Å². The van der Waals surface area contributed by atoms with Crippen molar-refractivity contribution in [3.63, 3.8) is 0 Å². The van der Waals surface area contributed by atoms with Crippen molar-refractivity contribution in [2.75, 3.05) is 0 Å². The lowest BCUT2D eigenvalue weighted by molar-refractivity contribution is 0.104. The molecule has 0 atom stereocenters. The summed E-state index contributed by atoms with van der Waals surface area (Å²) in [5.41, 5.74) is 0.421. The Labute approximate surface area is 109 Å². The second kappa shape index (κ2) is 3.81. The first-order valence-electron chi connectivity index (χ1n) is 6.37. The Morgan fingerprint density at radius 2 is 1.50 bits per heavy atom. The Hall–Kier alpha value is -0.880. The third-order valence-corrected chi connectivity index (χ3v) is 9.90. The Kier molecular flexibility index (Phi) is 2.86. The summed E-state index contributed by atoms with van der Waals surface area (Å²) in [6, 6.07) is 9.03. The average molecular weight is 264 g/mol. The molecule has 1 aliphatic heterocycles. The third-order valence-electron chi connectivity index (χ3n) is 5.05. The summed E-state index contributed by atoms with van der Waals surface area (Å²) >= 11 is 0. The Balaban J connectivity index is 2.51. The van der Waals surface area contributed by atoms with Gasteiger partial charge in [-0.2, -0.15) is 0 Å². The molecule has 0 aromatic heterocycles. The molecule has 2 rings (SSSR count). The molecule has 0 spiro atoms.